The average molecular weight is 807 g/mol. The molecule has 0 atom stereocenters. The summed E-state index contributed by atoms with van der Waals surface area (Å²) in [4.78, 5) is 4.62. The lowest BCUT2D eigenvalue weighted by Crippen LogP contribution is -2.10. The molecule has 0 bridgehead atoms. The van der Waals surface area contributed by atoms with Gasteiger partial charge in [0.05, 0.1) is 5.69 Å². The van der Waals surface area contributed by atoms with E-state index in [-0.39, 0.29) is 0 Å². The summed E-state index contributed by atoms with van der Waals surface area (Å²) in [7, 11) is 0. The van der Waals surface area contributed by atoms with Crippen LogP contribution in [0.4, 0.5) is 34.1 Å². The second kappa shape index (κ2) is 16.6. The molecule has 63 heavy (non-hydrogen) atoms. The third kappa shape index (κ3) is 7.32. The normalized spacial score (nSPS) is 11.2. The van der Waals surface area contributed by atoms with Crippen LogP contribution in [0.25, 0.3) is 66.4 Å². The summed E-state index contributed by atoms with van der Waals surface area (Å²) < 4.78 is 6.89. The highest BCUT2D eigenvalue weighted by Gasteiger charge is 2.21. The van der Waals surface area contributed by atoms with E-state index in [1.807, 2.05) is 6.07 Å². The molecule has 10 aromatic carbocycles. The second-order valence-corrected chi connectivity index (χ2v) is 15.7. The van der Waals surface area contributed by atoms with Gasteiger partial charge in [0.15, 0.2) is 5.58 Å². The topological polar surface area (TPSA) is 19.6 Å². The maximum absolute atomic E-state index is 6.89. The standard InChI is InChI=1S/C60H42N2O/c1-5-15-43(16-6-1)45-27-35-51(36-28-45)61(52-37-29-46(30-38-52)44-17-7-2-8-18-44)53-39-31-47(32-40-53)48-33-41-54(42-34-48)62(50-21-11-4-12-22-50)58-26-14-25-57-56-24-13-23-55(59(56)63-60(57)58)49-19-9-3-10-20-49/h1-42H. The summed E-state index contributed by atoms with van der Waals surface area (Å²) in [5.74, 6) is 0. The fraction of sp³-hybridized carbons (Fsp3) is 0. The molecule has 1 aromatic heterocycles. The second-order valence-electron chi connectivity index (χ2n) is 15.7. The van der Waals surface area contributed by atoms with Gasteiger partial charge in [0.25, 0.3) is 0 Å². The van der Waals surface area contributed by atoms with E-state index in [1.165, 1.54) is 22.3 Å². The van der Waals surface area contributed by atoms with Crippen molar-refractivity contribution in [2.24, 2.45) is 0 Å². The van der Waals surface area contributed by atoms with Crippen LogP contribution in [0.15, 0.2) is 259 Å². The van der Waals surface area contributed by atoms with Gasteiger partial charge in [-0.1, -0.05) is 188 Å². The van der Waals surface area contributed by atoms with Crippen molar-refractivity contribution in [1.82, 2.24) is 0 Å². The van der Waals surface area contributed by atoms with Crippen molar-refractivity contribution in [2.75, 3.05) is 9.80 Å². The largest absolute Gasteiger partial charge is 0.453 e. The fourth-order valence-electron chi connectivity index (χ4n) is 8.75. The Morgan fingerprint density at radius 3 is 1.00 bits per heavy atom. The van der Waals surface area contributed by atoms with Crippen LogP contribution in [0.3, 0.4) is 0 Å². The van der Waals surface area contributed by atoms with Crippen LogP contribution in [0, 0.1) is 0 Å². The maximum atomic E-state index is 6.89. The highest BCUT2D eigenvalue weighted by Crippen LogP contribution is 2.45. The predicted molar refractivity (Wildman–Crippen MR) is 265 cm³/mol. The molecule has 0 spiro atoms. The molecular weight excluding hydrogens is 765 g/mol. The zero-order chi connectivity index (χ0) is 42.0. The van der Waals surface area contributed by atoms with Crippen LogP contribution < -0.4 is 9.80 Å². The Morgan fingerprint density at radius 1 is 0.222 bits per heavy atom. The first kappa shape index (κ1) is 37.6. The molecule has 0 fully saturated rings. The molecule has 0 aliphatic rings. The molecule has 11 aromatic rings. The van der Waals surface area contributed by atoms with E-state index in [0.29, 0.717) is 0 Å². The molecule has 3 heteroatoms. The molecule has 0 unspecified atom stereocenters. The van der Waals surface area contributed by atoms with Gasteiger partial charge in [-0.05, 0) is 106 Å². The van der Waals surface area contributed by atoms with Gasteiger partial charge in [0, 0.05) is 44.8 Å². The van der Waals surface area contributed by atoms with Crippen molar-refractivity contribution in [1.29, 1.82) is 0 Å². The van der Waals surface area contributed by atoms with E-state index in [9.17, 15) is 0 Å². The first-order valence-electron chi connectivity index (χ1n) is 21.4. The quantitative estimate of drug-likeness (QED) is 0.137. The van der Waals surface area contributed by atoms with Crippen molar-refractivity contribution in [3.8, 4) is 44.5 Å². The third-order valence-corrected chi connectivity index (χ3v) is 11.9. The first-order valence-corrected chi connectivity index (χ1v) is 21.4. The number of anilines is 6. The molecule has 298 valence electrons. The Bertz CT molecular complexity index is 3190. The van der Waals surface area contributed by atoms with Gasteiger partial charge >= 0.3 is 0 Å². The minimum absolute atomic E-state index is 0.855. The first-order chi connectivity index (χ1) is 31.2. The van der Waals surface area contributed by atoms with E-state index in [0.717, 1.165) is 78.3 Å². The van der Waals surface area contributed by atoms with Crippen LogP contribution in [0.2, 0.25) is 0 Å². The minimum atomic E-state index is 0.855. The van der Waals surface area contributed by atoms with Crippen LogP contribution in [-0.2, 0) is 0 Å². The highest BCUT2D eigenvalue weighted by atomic mass is 16.3. The van der Waals surface area contributed by atoms with E-state index in [2.05, 4.69) is 259 Å². The Hall–Kier alpha value is -8.40. The molecule has 0 radical (unpaired) electrons. The average Bonchev–Trinajstić information content (AvgIpc) is 3.76. The third-order valence-electron chi connectivity index (χ3n) is 11.9. The molecule has 0 N–H and O–H groups in total. The number of hydrogen-bond donors (Lipinski definition) is 0. The smallest absolute Gasteiger partial charge is 0.159 e. The van der Waals surface area contributed by atoms with Crippen molar-refractivity contribution in [3.63, 3.8) is 0 Å². The molecule has 0 saturated carbocycles. The number of benzene rings is 10. The highest BCUT2D eigenvalue weighted by molar-refractivity contribution is 6.13. The van der Waals surface area contributed by atoms with Crippen LogP contribution >= 0.6 is 0 Å². The van der Waals surface area contributed by atoms with Gasteiger partial charge < -0.3 is 14.2 Å². The van der Waals surface area contributed by atoms with Crippen molar-refractivity contribution in [2.45, 2.75) is 0 Å². The van der Waals surface area contributed by atoms with E-state index in [1.54, 1.807) is 0 Å². The van der Waals surface area contributed by atoms with E-state index >= 15 is 0 Å². The molecule has 1 heterocycles. The lowest BCUT2D eigenvalue weighted by atomic mass is 10.0. The Labute approximate surface area is 368 Å². The number of nitrogens with zero attached hydrogens (tertiary/aromatic N) is 2. The summed E-state index contributed by atoms with van der Waals surface area (Å²) >= 11 is 0. The lowest BCUT2D eigenvalue weighted by Gasteiger charge is -2.26. The zero-order valence-corrected chi connectivity index (χ0v) is 34.6. The molecule has 3 nitrogen and oxygen atoms in total. The molecular formula is C60H42N2O. The predicted octanol–water partition coefficient (Wildman–Crippen LogP) is 17.2. The molecule has 0 aliphatic carbocycles. The molecule has 0 amide bonds. The summed E-state index contributed by atoms with van der Waals surface area (Å²) in [5.41, 5.74) is 17.4. The minimum Gasteiger partial charge on any atom is -0.453 e. The number of rotatable bonds is 10. The van der Waals surface area contributed by atoms with Crippen molar-refractivity contribution < 1.29 is 4.42 Å². The Balaban J connectivity index is 0.937. The van der Waals surface area contributed by atoms with Crippen LogP contribution in [0.5, 0.6) is 0 Å². The Kier molecular flexibility index (Phi) is 9.89. The van der Waals surface area contributed by atoms with Crippen molar-refractivity contribution >= 4 is 56.1 Å². The van der Waals surface area contributed by atoms with Gasteiger partial charge in [-0.25, -0.2) is 0 Å². The number of hydrogen-bond acceptors (Lipinski definition) is 3. The summed E-state index contributed by atoms with van der Waals surface area (Å²) in [5, 5.41) is 2.19. The van der Waals surface area contributed by atoms with Gasteiger partial charge in [0.2, 0.25) is 0 Å². The maximum Gasteiger partial charge on any atom is 0.159 e. The Morgan fingerprint density at radius 2 is 0.556 bits per heavy atom. The number of furan rings is 1. The van der Waals surface area contributed by atoms with Crippen LogP contribution in [0.1, 0.15) is 0 Å². The summed E-state index contributed by atoms with van der Waals surface area (Å²) in [6.07, 6.45) is 0. The van der Waals surface area contributed by atoms with E-state index in [4.69, 9.17) is 4.42 Å². The molecule has 11 rings (SSSR count). The summed E-state index contributed by atoms with van der Waals surface area (Å²) in [6, 6.07) is 90.4. The molecule has 0 aliphatic heterocycles. The summed E-state index contributed by atoms with van der Waals surface area (Å²) in [6.45, 7) is 0. The SMILES string of the molecule is c1ccc(-c2ccc(N(c3ccc(-c4ccccc4)cc3)c3ccc(-c4ccc(N(c5ccccc5)c5cccc6c5oc5c(-c7ccccc7)cccc56)cc4)cc3)cc2)cc1. The van der Waals surface area contributed by atoms with E-state index < -0.39 is 0 Å². The lowest BCUT2D eigenvalue weighted by molar-refractivity contribution is 0.670. The van der Waals surface area contributed by atoms with Crippen molar-refractivity contribution in [3.05, 3.63) is 255 Å². The van der Waals surface area contributed by atoms with Gasteiger partial charge in [-0.2, -0.15) is 0 Å². The molecule has 0 saturated heterocycles. The number of fused-ring (bicyclic) bond motifs is 3. The van der Waals surface area contributed by atoms with Crippen LogP contribution in [-0.4, -0.2) is 0 Å². The van der Waals surface area contributed by atoms with Gasteiger partial charge in [0.1, 0.15) is 5.58 Å². The number of para-hydroxylation sites is 3. The zero-order valence-electron chi connectivity index (χ0n) is 34.6. The van der Waals surface area contributed by atoms with Gasteiger partial charge in [-0.3, -0.25) is 0 Å². The fourth-order valence-corrected chi connectivity index (χ4v) is 8.75. The monoisotopic (exact) mass is 806 g/mol. The van der Waals surface area contributed by atoms with Gasteiger partial charge in [-0.15, -0.1) is 0 Å².